The molecule has 2 aliphatic heterocycles. The van der Waals surface area contributed by atoms with Gasteiger partial charge >= 0.3 is 18.0 Å². The fourth-order valence-corrected chi connectivity index (χ4v) is 13.5. The lowest BCUT2D eigenvalue weighted by Crippen LogP contribution is -2.62. The minimum absolute atomic E-state index is 0.00202. The number of fused-ring (bicyclic) bond motifs is 1. The van der Waals surface area contributed by atoms with E-state index in [0.29, 0.717) is 53.1 Å². The Morgan fingerprint density at radius 2 is 1.03 bits per heavy atom. The number of nitrogens with zero attached hydrogens (tertiary/aromatic N) is 2. The Hall–Kier alpha value is -12.4. The molecular weight excluding hydrogens is 1530 g/mol. The van der Waals surface area contributed by atoms with E-state index in [9.17, 15) is 72.5 Å². The summed E-state index contributed by atoms with van der Waals surface area (Å²) in [6.45, 7) is 9.54. The van der Waals surface area contributed by atoms with Crippen LogP contribution >= 0.6 is 11.6 Å². The molecule has 2 fully saturated rings. The zero-order chi connectivity index (χ0) is 85.0. The van der Waals surface area contributed by atoms with Gasteiger partial charge in [0.2, 0.25) is 70.9 Å². The van der Waals surface area contributed by atoms with E-state index < -0.39 is 168 Å². The highest BCUT2D eigenvalue weighted by atomic mass is 35.5. The van der Waals surface area contributed by atoms with E-state index >= 15 is 9.59 Å². The summed E-state index contributed by atoms with van der Waals surface area (Å²) in [5, 5.41) is 59.8. The van der Waals surface area contributed by atoms with Crippen LogP contribution < -0.4 is 80.2 Å². The topological polar surface area (TPSA) is 507 Å². The number of benzene rings is 5. The van der Waals surface area contributed by atoms with Crippen molar-refractivity contribution in [3.63, 3.8) is 0 Å². The number of carbonyl (C=O) groups excluding carboxylic acids is 14. The molecule has 8 rings (SSSR count). The quantitative estimate of drug-likeness (QED) is 0.0244. The smallest absolute Gasteiger partial charge is 0.325 e. The molecule has 34 nitrogen and oxygen atoms in total. The number of aromatic nitrogens is 1. The minimum Gasteiger partial charge on any atom is -0.480 e. The molecule has 2 aliphatic rings. The number of hydrogen-bond donors (Lipinski definition) is 17. The van der Waals surface area contributed by atoms with Crippen molar-refractivity contribution in [2.24, 2.45) is 11.7 Å². The van der Waals surface area contributed by atoms with Gasteiger partial charge in [0.1, 0.15) is 66.5 Å². The lowest BCUT2D eigenvalue weighted by Gasteiger charge is -2.31. The highest BCUT2D eigenvalue weighted by molar-refractivity contribution is 6.30. The number of likely N-dealkylation sites (tertiary alicyclic amines) is 1. The number of pyridine rings is 1. The second-order valence-corrected chi connectivity index (χ2v) is 30.1. The Morgan fingerprint density at radius 3 is 1.55 bits per heavy atom. The van der Waals surface area contributed by atoms with Crippen LogP contribution in [0.15, 0.2) is 140 Å². The number of rotatable bonds is 41. The number of carboxylic acids is 1. The van der Waals surface area contributed by atoms with E-state index in [1.807, 2.05) is 61.6 Å². The van der Waals surface area contributed by atoms with E-state index in [1.165, 1.54) is 79.7 Å². The van der Waals surface area contributed by atoms with Crippen LogP contribution in [0, 0.1) is 5.92 Å². The maximum atomic E-state index is 15.5. The number of anilines is 2. The Bertz CT molecular complexity index is 4520. The summed E-state index contributed by atoms with van der Waals surface area (Å²) in [5.41, 5.74) is 8.06. The molecule has 624 valence electrons. The molecular formula is C82H102ClN17O17. The molecule has 2 saturated heterocycles. The number of aliphatic carboxylic acids is 1. The first-order chi connectivity index (χ1) is 55.8. The molecule has 0 spiro atoms. The van der Waals surface area contributed by atoms with Gasteiger partial charge in [0, 0.05) is 80.4 Å². The van der Waals surface area contributed by atoms with Crippen LogP contribution in [-0.4, -0.2) is 201 Å². The van der Waals surface area contributed by atoms with E-state index in [2.05, 4.69) is 74.1 Å². The third-order valence-corrected chi connectivity index (χ3v) is 19.6. The average molecular weight is 1630 g/mol. The Kier molecular flexibility index (Phi) is 33.8. The van der Waals surface area contributed by atoms with Gasteiger partial charge in [0.15, 0.2) is 0 Å². The number of halogens is 1. The number of unbranched alkanes of at least 4 members (excludes halogenated alkanes) is 1. The van der Waals surface area contributed by atoms with E-state index in [-0.39, 0.29) is 86.8 Å². The zero-order valence-corrected chi connectivity index (χ0v) is 66.5. The molecule has 0 unspecified atom stereocenters. The molecule has 11 atom stereocenters. The van der Waals surface area contributed by atoms with Crippen LogP contribution in [0.3, 0.4) is 0 Å². The molecule has 1 aromatic heterocycles. The average Bonchev–Trinajstić information content (AvgIpc) is 1.81. The first kappa shape index (κ1) is 90.1. The standard InChI is InChI=1S/C82H102ClN17O17/c1-45(2)35-60(71(105)91-59(16-9-10-33-86-46(3)4)79(113)100-34-12-17-68(100)78(112)87-47(5)80(114)115)92-73(107)63(38-51-23-30-58(31-24-51)90-81(84)116)94-75(109)64(39-50-21-28-57(29-22-50)89-70(104)66-42-69(103)99-82(117)98-66)96-77(111)67(44-101)97-76(110)65(41-53-13-11-32-85-43-53)95-74(108)62(37-49-19-26-56(83)27-20-49)93-72(106)61(88-48(6)102)40-52-18-25-54-14-7-8-15-55(54)36-52/h7-8,11,13-15,18-32,36,43,45-47,59-68,86,101H,9-10,12,16-17,33-35,37-42,44H2,1-6H3,(H,87,112)(H,88,102)(H,89,104)(H,91,105)(H,92,107)(H,93,106)(H,94,109)(H,95,108)(H,96,111)(H,97,110)(H,114,115)(H3,84,90,116)(H2,98,99,103,117)/t47-,59+,60+,61-,62-,63-,64+,65-,66+,67+,68+/m1/s1. The number of imide groups is 1. The Labute approximate surface area is 681 Å². The van der Waals surface area contributed by atoms with E-state index in [0.717, 1.165) is 10.8 Å². The van der Waals surface area contributed by atoms with Gasteiger partial charge in [-0.25, -0.2) is 9.59 Å². The second kappa shape index (κ2) is 43.9. The third-order valence-electron chi connectivity index (χ3n) is 19.4. The molecule has 0 bridgehead atoms. The predicted molar refractivity (Wildman–Crippen MR) is 433 cm³/mol. The fraction of sp³-hybridized carbons (Fsp3) is 0.415. The number of aliphatic hydroxyl groups is 1. The predicted octanol–water partition coefficient (Wildman–Crippen LogP) is 2.11. The first-order valence-electron chi connectivity index (χ1n) is 38.6. The summed E-state index contributed by atoms with van der Waals surface area (Å²) in [7, 11) is 0. The number of aliphatic hydroxyl groups excluding tert-OH is 1. The zero-order valence-electron chi connectivity index (χ0n) is 65.8. The van der Waals surface area contributed by atoms with Crippen LogP contribution in [0.1, 0.15) is 114 Å². The monoisotopic (exact) mass is 1630 g/mol. The number of amides is 16. The molecule has 18 N–H and O–H groups in total. The normalized spacial score (nSPS) is 16.1. The van der Waals surface area contributed by atoms with Gasteiger partial charge in [-0.3, -0.25) is 72.6 Å². The van der Waals surface area contributed by atoms with Crippen LogP contribution in [0.4, 0.5) is 21.0 Å². The number of carbonyl (C=O) groups is 15. The molecule has 35 heteroatoms. The summed E-state index contributed by atoms with van der Waals surface area (Å²) in [4.78, 5) is 213. The molecule has 0 aliphatic carbocycles. The van der Waals surface area contributed by atoms with E-state index in [1.54, 1.807) is 50.2 Å². The summed E-state index contributed by atoms with van der Waals surface area (Å²) in [5.74, 6) is -11.7. The number of nitrogens with two attached hydrogens (primary N) is 1. The molecule has 16 amide bonds. The lowest BCUT2D eigenvalue weighted by atomic mass is 9.99. The van der Waals surface area contributed by atoms with Gasteiger partial charge < -0.3 is 90.0 Å². The number of nitrogens with one attached hydrogen (secondary N) is 14. The third kappa shape index (κ3) is 28.5. The number of primary amides is 1. The van der Waals surface area contributed by atoms with Gasteiger partial charge in [-0.05, 0) is 139 Å². The van der Waals surface area contributed by atoms with Crippen molar-refractivity contribution >= 4 is 123 Å². The van der Waals surface area contributed by atoms with E-state index in [4.69, 9.17) is 17.3 Å². The molecule has 5 aromatic carbocycles. The molecule has 3 heterocycles. The lowest BCUT2D eigenvalue weighted by molar-refractivity contribution is -0.144. The number of hydrogen-bond acceptors (Lipinski definition) is 18. The largest absolute Gasteiger partial charge is 0.480 e. The van der Waals surface area contributed by atoms with Crippen molar-refractivity contribution in [3.8, 4) is 0 Å². The van der Waals surface area contributed by atoms with Crippen molar-refractivity contribution in [1.82, 2.24) is 73.7 Å². The van der Waals surface area contributed by atoms with Gasteiger partial charge in [-0.1, -0.05) is 124 Å². The maximum Gasteiger partial charge on any atom is 0.325 e. The van der Waals surface area contributed by atoms with Crippen LogP contribution in [0.5, 0.6) is 0 Å². The Morgan fingerprint density at radius 1 is 0.547 bits per heavy atom. The van der Waals surface area contributed by atoms with Crippen molar-refractivity contribution < 1.29 is 82.1 Å². The summed E-state index contributed by atoms with van der Waals surface area (Å²) < 4.78 is 0. The molecule has 0 saturated carbocycles. The van der Waals surface area contributed by atoms with Gasteiger partial charge in [0.05, 0.1) is 13.0 Å². The molecule has 6 aromatic rings. The van der Waals surface area contributed by atoms with Crippen molar-refractivity contribution in [3.05, 3.63) is 173 Å². The fourth-order valence-electron chi connectivity index (χ4n) is 13.4. The molecule has 0 radical (unpaired) electrons. The van der Waals surface area contributed by atoms with Crippen LogP contribution in [0.2, 0.25) is 5.02 Å². The van der Waals surface area contributed by atoms with Crippen LogP contribution in [0.25, 0.3) is 10.8 Å². The minimum atomic E-state index is -1.93. The summed E-state index contributed by atoms with van der Waals surface area (Å²) in [6, 6.07) is 16.9. The second-order valence-electron chi connectivity index (χ2n) is 29.7. The van der Waals surface area contributed by atoms with Gasteiger partial charge in [-0.15, -0.1) is 0 Å². The SMILES string of the molecule is CC(=O)N[C@H](Cc1ccc2ccccc2c1)C(=O)N[C@H](Cc1ccc(Cl)cc1)C(=O)N[C@H](Cc1cccnc1)C(=O)N[C@@H](CO)C(=O)N[C@@H](Cc1ccc(NC(=O)[C@@H]2CC(=O)NC(=O)N2)cc1)C(=O)N[C@H](Cc1ccc(NC(N)=O)cc1)C(=O)N[C@@H](CC(C)C)C(=O)N[C@@H](CCCCNC(C)C)C(=O)N1CCC[C@H]1C(=O)N[C@H](C)C(=O)O. The van der Waals surface area contributed by atoms with Crippen molar-refractivity contribution in [1.29, 1.82) is 0 Å². The van der Waals surface area contributed by atoms with Crippen molar-refractivity contribution in [2.75, 3.05) is 30.3 Å². The van der Waals surface area contributed by atoms with Crippen LogP contribution in [-0.2, 0) is 94.4 Å². The summed E-state index contributed by atoms with van der Waals surface area (Å²) in [6.07, 6.45) is 2.87. The summed E-state index contributed by atoms with van der Waals surface area (Å²) >= 11 is 6.27. The maximum absolute atomic E-state index is 15.5. The number of urea groups is 2. The van der Waals surface area contributed by atoms with Crippen molar-refractivity contribution in [2.45, 2.75) is 191 Å². The first-order valence-corrected chi connectivity index (χ1v) is 39.0. The number of carboxylic acid groups (broad SMARTS) is 1. The van der Waals surface area contributed by atoms with Gasteiger partial charge in [0.25, 0.3) is 0 Å². The highest BCUT2D eigenvalue weighted by Gasteiger charge is 2.41. The Balaban J connectivity index is 1.10. The van der Waals surface area contributed by atoms with Gasteiger partial charge in [-0.2, -0.15) is 0 Å². The molecule has 117 heavy (non-hydrogen) atoms. The highest BCUT2D eigenvalue weighted by Crippen LogP contribution is 2.24.